The minimum Gasteiger partial charge on any atom is -0.462 e. The number of rotatable bonds is 5. The lowest BCUT2D eigenvalue weighted by molar-refractivity contribution is -0.235. The van der Waals surface area contributed by atoms with E-state index in [2.05, 4.69) is 66.0 Å². The van der Waals surface area contributed by atoms with Crippen LogP contribution in [0.15, 0.2) is 0 Å². The fourth-order valence-corrected chi connectivity index (χ4v) is 7.70. The van der Waals surface area contributed by atoms with Crippen molar-refractivity contribution in [1.82, 2.24) is 10.6 Å². The molecule has 0 spiro atoms. The van der Waals surface area contributed by atoms with Gasteiger partial charge in [0.15, 0.2) is 6.29 Å². The number of carbonyl (C=O) groups excluding carboxylic acids is 2. The summed E-state index contributed by atoms with van der Waals surface area (Å²) in [5.41, 5.74) is -0.261. The van der Waals surface area contributed by atoms with E-state index in [0.717, 1.165) is 51.4 Å². The van der Waals surface area contributed by atoms with E-state index in [9.17, 15) is 9.59 Å². The van der Waals surface area contributed by atoms with Gasteiger partial charge < -0.3 is 29.6 Å². The van der Waals surface area contributed by atoms with Crippen LogP contribution in [0.1, 0.15) is 107 Å². The summed E-state index contributed by atoms with van der Waals surface area (Å²) in [7, 11) is 0. The molecule has 4 aliphatic rings. The summed E-state index contributed by atoms with van der Waals surface area (Å²) in [4.78, 5) is 25.8. The van der Waals surface area contributed by atoms with Gasteiger partial charge in [-0.05, 0) is 81.1 Å². The number of hydrogen-bond donors (Lipinski definition) is 2. The molecule has 3 saturated heterocycles. The van der Waals surface area contributed by atoms with Crippen LogP contribution in [-0.2, 0) is 28.5 Å². The van der Waals surface area contributed by atoms with Gasteiger partial charge in [0.1, 0.15) is 18.1 Å². The number of ether oxygens (including phenoxy) is 4. The van der Waals surface area contributed by atoms with Crippen molar-refractivity contribution < 1.29 is 28.5 Å². The average Bonchev–Trinajstić information content (AvgIpc) is 2.75. The van der Waals surface area contributed by atoms with Crippen molar-refractivity contribution >= 4 is 11.9 Å². The van der Waals surface area contributed by atoms with Crippen LogP contribution in [0, 0.1) is 17.8 Å². The van der Waals surface area contributed by atoms with Crippen LogP contribution in [0.25, 0.3) is 0 Å². The number of carbonyl (C=O) groups is 2. The largest absolute Gasteiger partial charge is 0.462 e. The van der Waals surface area contributed by atoms with E-state index in [1.54, 1.807) is 0 Å². The van der Waals surface area contributed by atoms with Crippen LogP contribution in [0.4, 0.5) is 0 Å². The maximum atomic E-state index is 13.0. The van der Waals surface area contributed by atoms with Crippen LogP contribution in [0.3, 0.4) is 0 Å². The molecule has 0 aromatic heterocycles. The Morgan fingerprint density at radius 3 is 1.37 bits per heavy atom. The maximum Gasteiger partial charge on any atom is 0.313 e. The van der Waals surface area contributed by atoms with Gasteiger partial charge in [-0.2, -0.15) is 0 Å². The topological polar surface area (TPSA) is 95.1 Å². The van der Waals surface area contributed by atoms with Crippen molar-refractivity contribution in [3.63, 3.8) is 0 Å². The van der Waals surface area contributed by atoms with Crippen LogP contribution in [0.2, 0.25) is 0 Å². The smallest absolute Gasteiger partial charge is 0.313 e. The van der Waals surface area contributed by atoms with Crippen molar-refractivity contribution in [2.75, 3.05) is 13.2 Å². The first-order valence-corrected chi connectivity index (χ1v) is 14.7. The summed E-state index contributed by atoms with van der Waals surface area (Å²) in [6.45, 7) is 17.9. The highest BCUT2D eigenvalue weighted by atomic mass is 16.7. The molecule has 3 heterocycles. The lowest BCUT2D eigenvalue weighted by atomic mass is 9.80. The predicted molar refractivity (Wildman–Crippen MR) is 145 cm³/mol. The molecule has 0 radical (unpaired) electrons. The monoisotopic (exact) mass is 536 g/mol. The number of hydrogen-bond acceptors (Lipinski definition) is 8. The molecule has 0 aromatic carbocycles. The molecule has 4 rings (SSSR count). The Morgan fingerprint density at radius 1 is 0.605 bits per heavy atom. The molecule has 0 aromatic rings. The summed E-state index contributed by atoms with van der Waals surface area (Å²) >= 11 is 0. The van der Waals surface area contributed by atoms with E-state index in [4.69, 9.17) is 18.9 Å². The molecule has 2 N–H and O–H groups in total. The normalized spacial score (nSPS) is 35.3. The van der Waals surface area contributed by atoms with Crippen LogP contribution < -0.4 is 10.6 Å². The molecule has 1 saturated carbocycles. The number of piperidine rings is 2. The fraction of sp³-hybridized carbons (Fsp3) is 0.933. The van der Waals surface area contributed by atoms with Gasteiger partial charge in [0, 0.05) is 53.8 Å². The lowest BCUT2D eigenvalue weighted by Gasteiger charge is -2.46. The quantitative estimate of drug-likeness (QED) is 0.497. The van der Waals surface area contributed by atoms with Crippen molar-refractivity contribution in [3.8, 4) is 0 Å². The zero-order valence-electron chi connectivity index (χ0n) is 25.0. The van der Waals surface area contributed by atoms with E-state index in [-0.39, 0.29) is 64.4 Å². The number of nitrogens with one attached hydrogen (secondary N) is 2. The standard InChI is InChI=1S/C30H52N2O6/c1-27(2)13-22(14-28(3,4)31-27)37-24(33)19-9-11-20(12-10-19)26-35-17-21(18-36-26)25(34)38-23-15-29(5,6)32-30(7,8)16-23/h19-23,26,31-32H,9-18H2,1-8H3. The van der Waals surface area contributed by atoms with Crippen LogP contribution in [0.5, 0.6) is 0 Å². The molecule has 0 amide bonds. The van der Waals surface area contributed by atoms with Gasteiger partial charge in [0.25, 0.3) is 0 Å². The fourth-order valence-electron chi connectivity index (χ4n) is 7.70. The Labute approximate surface area is 229 Å². The van der Waals surface area contributed by atoms with Gasteiger partial charge in [-0.15, -0.1) is 0 Å². The van der Waals surface area contributed by atoms with Gasteiger partial charge in [-0.1, -0.05) is 0 Å². The predicted octanol–water partition coefficient (Wildman–Crippen LogP) is 4.49. The van der Waals surface area contributed by atoms with Crippen molar-refractivity contribution in [1.29, 1.82) is 0 Å². The Morgan fingerprint density at radius 2 is 0.974 bits per heavy atom. The molecule has 4 fully saturated rings. The van der Waals surface area contributed by atoms with Gasteiger partial charge in [-0.3, -0.25) is 9.59 Å². The van der Waals surface area contributed by atoms with Gasteiger partial charge in [0.2, 0.25) is 0 Å². The van der Waals surface area contributed by atoms with Crippen molar-refractivity contribution in [2.45, 2.75) is 147 Å². The first kappa shape index (κ1) is 29.8. The molecule has 1 aliphatic carbocycles. The van der Waals surface area contributed by atoms with E-state index in [1.165, 1.54) is 0 Å². The zero-order valence-corrected chi connectivity index (χ0v) is 25.0. The highest BCUT2D eigenvalue weighted by Crippen LogP contribution is 2.37. The summed E-state index contributed by atoms with van der Waals surface area (Å²) in [6, 6.07) is 0. The van der Waals surface area contributed by atoms with Gasteiger partial charge >= 0.3 is 11.9 Å². The first-order chi connectivity index (χ1) is 17.5. The second-order valence-corrected chi connectivity index (χ2v) is 15.1. The third-order valence-electron chi connectivity index (χ3n) is 8.62. The highest BCUT2D eigenvalue weighted by molar-refractivity contribution is 5.73. The molecule has 8 heteroatoms. The maximum absolute atomic E-state index is 13.0. The van der Waals surface area contributed by atoms with E-state index in [0.29, 0.717) is 13.2 Å². The number of esters is 2. The molecular weight excluding hydrogens is 484 g/mol. The SMILES string of the molecule is CC1(C)CC(OC(=O)C2CCC(C3OCC(C(=O)OC4CC(C)(C)NC(C)(C)C4)CO3)CC2)CC(C)(C)N1. The highest BCUT2D eigenvalue weighted by Gasteiger charge is 2.43. The minimum atomic E-state index is -0.392. The Balaban J connectivity index is 1.19. The molecule has 0 atom stereocenters. The third kappa shape index (κ3) is 7.92. The average molecular weight is 537 g/mol. The van der Waals surface area contributed by atoms with Gasteiger partial charge in [-0.25, -0.2) is 0 Å². The van der Waals surface area contributed by atoms with Crippen molar-refractivity contribution in [2.24, 2.45) is 17.8 Å². The summed E-state index contributed by atoms with van der Waals surface area (Å²) in [6.07, 6.45) is 6.07. The molecule has 0 bridgehead atoms. The Hall–Kier alpha value is -1.22. The summed E-state index contributed by atoms with van der Waals surface area (Å²) in [5, 5.41) is 7.26. The Bertz CT molecular complexity index is 751. The summed E-state index contributed by atoms with van der Waals surface area (Å²) < 4.78 is 24.0. The first-order valence-electron chi connectivity index (χ1n) is 14.7. The van der Waals surface area contributed by atoms with Crippen molar-refractivity contribution in [3.05, 3.63) is 0 Å². The van der Waals surface area contributed by atoms with Crippen LogP contribution >= 0.6 is 0 Å². The van der Waals surface area contributed by atoms with Gasteiger partial charge in [0.05, 0.1) is 19.1 Å². The van der Waals surface area contributed by atoms with Crippen LogP contribution in [-0.4, -0.2) is 65.8 Å². The minimum absolute atomic E-state index is 0.0461. The second kappa shape index (κ2) is 11.0. The molecule has 38 heavy (non-hydrogen) atoms. The molecule has 8 nitrogen and oxygen atoms in total. The van der Waals surface area contributed by atoms with E-state index < -0.39 is 5.92 Å². The van der Waals surface area contributed by atoms with E-state index in [1.807, 2.05) is 0 Å². The zero-order chi connectivity index (χ0) is 27.9. The Kier molecular flexibility index (Phi) is 8.60. The molecular formula is C30H52N2O6. The molecule has 218 valence electrons. The second-order valence-electron chi connectivity index (χ2n) is 15.1. The third-order valence-corrected chi connectivity index (χ3v) is 8.62. The molecule has 3 aliphatic heterocycles. The lowest BCUT2D eigenvalue weighted by Crippen LogP contribution is -2.60. The molecule has 0 unspecified atom stereocenters. The van der Waals surface area contributed by atoms with E-state index >= 15 is 0 Å². The summed E-state index contributed by atoms with van der Waals surface area (Å²) in [5.74, 6) is -0.495.